The van der Waals surface area contributed by atoms with Gasteiger partial charge in [-0.05, 0) is 0 Å². The van der Waals surface area contributed by atoms with E-state index in [9.17, 15) is 0 Å². The van der Waals surface area contributed by atoms with Crippen molar-refractivity contribution >= 4 is 6.34 Å². The number of aliphatic hydroxyl groups excluding tert-OH is 3. The van der Waals surface area contributed by atoms with Gasteiger partial charge in [-0.25, -0.2) is 0 Å². The Morgan fingerprint density at radius 1 is 1.13 bits per heavy atom. The topological polar surface area (TPSA) is 79.5 Å². The Morgan fingerprint density at radius 2 is 1.87 bits per heavy atom. The van der Waals surface area contributed by atoms with Gasteiger partial charge in [0.1, 0.15) is 6.17 Å². The monoisotopic (exact) mass is 217 g/mol. The van der Waals surface area contributed by atoms with Crippen LogP contribution in [0, 0.1) is 0 Å². The van der Waals surface area contributed by atoms with Gasteiger partial charge in [0, 0.05) is 26.1 Å². The molecule has 0 amide bonds. The van der Waals surface area contributed by atoms with Crippen LogP contribution in [-0.4, -0.2) is 77.2 Å². The highest BCUT2D eigenvalue weighted by molar-refractivity contribution is 5.55. The van der Waals surface area contributed by atoms with Crippen molar-refractivity contribution in [3.63, 3.8) is 0 Å². The van der Waals surface area contributed by atoms with E-state index in [1.54, 1.807) is 6.34 Å². The SMILES string of the molecule is OCCC1N=CN(CCO)CN1CCO. The maximum Gasteiger partial charge on any atom is 0.107 e. The lowest BCUT2D eigenvalue weighted by molar-refractivity contribution is 0.0751. The molecule has 1 atom stereocenters. The Morgan fingerprint density at radius 3 is 2.47 bits per heavy atom. The first-order chi connectivity index (χ1) is 7.31. The lowest BCUT2D eigenvalue weighted by atomic mass is 10.3. The molecule has 88 valence electrons. The largest absolute Gasteiger partial charge is 0.396 e. The van der Waals surface area contributed by atoms with Crippen molar-refractivity contribution in [3.8, 4) is 0 Å². The number of β-amino-alcohol motifs (C(OH)–C–C–N with tert-alkyl or cyclic N) is 2. The zero-order chi connectivity index (χ0) is 11.1. The molecule has 15 heavy (non-hydrogen) atoms. The highest BCUT2D eigenvalue weighted by Crippen LogP contribution is 2.10. The van der Waals surface area contributed by atoms with Crippen LogP contribution < -0.4 is 0 Å². The first-order valence-electron chi connectivity index (χ1n) is 5.15. The second-order valence-electron chi connectivity index (χ2n) is 3.47. The van der Waals surface area contributed by atoms with Crippen LogP contribution in [0.1, 0.15) is 6.42 Å². The summed E-state index contributed by atoms with van der Waals surface area (Å²) in [5.41, 5.74) is 0. The summed E-state index contributed by atoms with van der Waals surface area (Å²) in [5, 5.41) is 26.5. The maximum atomic E-state index is 8.90. The highest BCUT2D eigenvalue weighted by Gasteiger charge is 2.21. The third-order valence-corrected chi connectivity index (χ3v) is 2.35. The van der Waals surface area contributed by atoms with Crippen LogP contribution in [0.25, 0.3) is 0 Å². The molecule has 1 rings (SSSR count). The molecule has 6 nitrogen and oxygen atoms in total. The Labute approximate surface area is 89.5 Å². The first kappa shape index (κ1) is 12.4. The van der Waals surface area contributed by atoms with Crippen molar-refractivity contribution in [2.45, 2.75) is 12.6 Å². The first-order valence-corrected chi connectivity index (χ1v) is 5.15. The summed E-state index contributed by atoms with van der Waals surface area (Å²) in [6.07, 6.45) is 2.21. The van der Waals surface area contributed by atoms with Crippen LogP contribution in [0.2, 0.25) is 0 Å². The normalized spacial score (nSPS) is 22.3. The number of hydrogen-bond donors (Lipinski definition) is 3. The van der Waals surface area contributed by atoms with Gasteiger partial charge in [-0.3, -0.25) is 9.89 Å². The van der Waals surface area contributed by atoms with E-state index in [4.69, 9.17) is 15.3 Å². The van der Waals surface area contributed by atoms with E-state index in [0.717, 1.165) is 0 Å². The van der Waals surface area contributed by atoms with E-state index < -0.39 is 0 Å². The van der Waals surface area contributed by atoms with Crippen LogP contribution in [0.4, 0.5) is 0 Å². The number of rotatable bonds is 6. The number of aliphatic imine (C=N–C) groups is 1. The quantitative estimate of drug-likeness (QED) is 0.493. The molecule has 0 aromatic carbocycles. The van der Waals surface area contributed by atoms with Crippen molar-refractivity contribution in [2.75, 3.05) is 39.6 Å². The molecule has 1 heterocycles. The predicted octanol–water partition coefficient (Wildman–Crippen LogP) is -1.72. The van der Waals surface area contributed by atoms with E-state index in [1.807, 2.05) is 9.80 Å². The number of aliphatic hydroxyl groups is 3. The van der Waals surface area contributed by atoms with Gasteiger partial charge in [-0.15, -0.1) is 0 Å². The molecular formula is C9H19N3O3. The van der Waals surface area contributed by atoms with Gasteiger partial charge in [-0.1, -0.05) is 0 Å². The zero-order valence-corrected chi connectivity index (χ0v) is 8.79. The minimum Gasteiger partial charge on any atom is -0.396 e. The van der Waals surface area contributed by atoms with Crippen molar-refractivity contribution in [1.82, 2.24) is 9.80 Å². The van der Waals surface area contributed by atoms with Crippen LogP contribution >= 0.6 is 0 Å². The Balaban J connectivity index is 2.52. The van der Waals surface area contributed by atoms with E-state index in [0.29, 0.717) is 26.2 Å². The minimum absolute atomic E-state index is 0.0582. The lowest BCUT2D eigenvalue weighted by Gasteiger charge is -2.36. The third-order valence-electron chi connectivity index (χ3n) is 2.35. The van der Waals surface area contributed by atoms with Crippen molar-refractivity contribution in [2.24, 2.45) is 4.99 Å². The summed E-state index contributed by atoms with van der Waals surface area (Å²) in [4.78, 5) is 8.12. The summed E-state index contributed by atoms with van der Waals surface area (Å²) >= 11 is 0. The van der Waals surface area contributed by atoms with E-state index in [-0.39, 0.29) is 26.0 Å². The number of nitrogens with zero attached hydrogens (tertiary/aromatic N) is 3. The van der Waals surface area contributed by atoms with Crippen molar-refractivity contribution in [3.05, 3.63) is 0 Å². The van der Waals surface area contributed by atoms with Gasteiger partial charge < -0.3 is 20.2 Å². The molecule has 0 saturated carbocycles. The molecule has 3 N–H and O–H groups in total. The van der Waals surface area contributed by atoms with Crippen molar-refractivity contribution < 1.29 is 15.3 Å². The van der Waals surface area contributed by atoms with Crippen LogP contribution in [0.15, 0.2) is 4.99 Å². The molecule has 0 bridgehead atoms. The molecule has 0 fully saturated rings. The average molecular weight is 217 g/mol. The van der Waals surface area contributed by atoms with E-state index in [1.165, 1.54) is 0 Å². The van der Waals surface area contributed by atoms with Crippen LogP contribution in [0.5, 0.6) is 0 Å². The van der Waals surface area contributed by atoms with Gasteiger partial charge in [0.2, 0.25) is 0 Å². The summed E-state index contributed by atoms with van der Waals surface area (Å²) in [6, 6.07) is 0. The molecule has 0 spiro atoms. The van der Waals surface area contributed by atoms with Crippen LogP contribution in [-0.2, 0) is 0 Å². The fourth-order valence-electron chi connectivity index (χ4n) is 1.61. The Kier molecular flexibility index (Phi) is 5.56. The van der Waals surface area contributed by atoms with Gasteiger partial charge in [-0.2, -0.15) is 0 Å². The fraction of sp³-hybridized carbons (Fsp3) is 0.889. The molecule has 0 aromatic heterocycles. The fourth-order valence-corrected chi connectivity index (χ4v) is 1.61. The molecule has 0 radical (unpaired) electrons. The molecule has 0 saturated heterocycles. The van der Waals surface area contributed by atoms with Gasteiger partial charge >= 0.3 is 0 Å². The molecule has 0 aromatic rings. The van der Waals surface area contributed by atoms with Crippen LogP contribution in [0.3, 0.4) is 0 Å². The molecule has 0 aliphatic carbocycles. The second-order valence-corrected chi connectivity index (χ2v) is 3.47. The Bertz CT molecular complexity index is 201. The smallest absolute Gasteiger partial charge is 0.107 e. The van der Waals surface area contributed by atoms with E-state index in [2.05, 4.69) is 4.99 Å². The second kappa shape index (κ2) is 6.73. The summed E-state index contributed by atoms with van der Waals surface area (Å²) < 4.78 is 0. The number of hydrogen-bond acceptors (Lipinski definition) is 6. The zero-order valence-electron chi connectivity index (χ0n) is 8.79. The third kappa shape index (κ3) is 3.75. The predicted molar refractivity (Wildman–Crippen MR) is 56.4 cm³/mol. The maximum absolute atomic E-state index is 8.90. The molecular weight excluding hydrogens is 198 g/mol. The van der Waals surface area contributed by atoms with Crippen molar-refractivity contribution in [1.29, 1.82) is 0 Å². The summed E-state index contributed by atoms with van der Waals surface area (Å²) in [5.74, 6) is 0. The molecule has 1 aliphatic heterocycles. The van der Waals surface area contributed by atoms with Gasteiger partial charge in [0.25, 0.3) is 0 Å². The molecule has 6 heteroatoms. The lowest BCUT2D eigenvalue weighted by Crippen LogP contribution is -2.49. The standard InChI is InChI=1S/C9H19N3O3/c13-4-1-9-10-7-11(2-5-14)8-12(9)3-6-15/h7,9,13-15H,1-6,8H2. The van der Waals surface area contributed by atoms with Gasteiger partial charge in [0.05, 0.1) is 26.2 Å². The molecule has 1 unspecified atom stereocenters. The average Bonchev–Trinajstić information content (AvgIpc) is 2.23. The Hall–Kier alpha value is -0.690. The summed E-state index contributed by atoms with van der Waals surface area (Å²) in [7, 11) is 0. The molecule has 1 aliphatic rings. The highest BCUT2D eigenvalue weighted by atomic mass is 16.3. The summed E-state index contributed by atoms with van der Waals surface area (Å²) in [6.45, 7) is 1.95. The minimum atomic E-state index is -0.0582. The van der Waals surface area contributed by atoms with Gasteiger partial charge in [0.15, 0.2) is 0 Å². The van der Waals surface area contributed by atoms with E-state index >= 15 is 0 Å².